The van der Waals surface area contributed by atoms with Gasteiger partial charge < -0.3 is 10.4 Å². The van der Waals surface area contributed by atoms with E-state index in [1.807, 2.05) is 0 Å². The average molecular weight is 244 g/mol. The fraction of sp³-hybridized carbons (Fsp3) is 0.222. The third kappa shape index (κ3) is 3.87. The molecule has 0 saturated carbocycles. The lowest BCUT2D eigenvalue weighted by atomic mass is 10.3. The van der Waals surface area contributed by atoms with Crippen molar-refractivity contribution in [3.05, 3.63) is 24.3 Å². The number of aliphatic carboxylic acids is 1. The van der Waals surface area contributed by atoms with E-state index in [1.165, 1.54) is 24.3 Å². The maximum atomic E-state index is 10.9. The van der Waals surface area contributed by atoms with Crippen LogP contribution in [0.15, 0.2) is 29.2 Å². The number of hydrogen-bond acceptors (Lipinski definition) is 4. The van der Waals surface area contributed by atoms with Gasteiger partial charge in [0.15, 0.2) is 0 Å². The molecule has 4 N–H and O–H groups in total. The van der Waals surface area contributed by atoms with E-state index in [0.29, 0.717) is 5.69 Å². The Morgan fingerprint density at radius 1 is 1.31 bits per heavy atom. The largest absolute Gasteiger partial charge is 0.481 e. The minimum absolute atomic E-state index is 0.00304. The molecule has 16 heavy (non-hydrogen) atoms. The molecule has 0 spiro atoms. The number of nitrogens with one attached hydrogen (secondary N) is 1. The van der Waals surface area contributed by atoms with Gasteiger partial charge in [-0.2, -0.15) is 0 Å². The Kier molecular flexibility index (Phi) is 3.86. The summed E-state index contributed by atoms with van der Waals surface area (Å²) in [5, 5.41) is 16.2. The molecule has 0 amide bonds. The van der Waals surface area contributed by atoms with E-state index in [-0.39, 0.29) is 17.9 Å². The van der Waals surface area contributed by atoms with Crippen molar-refractivity contribution >= 4 is 21.7 Å². The SMILES string of the molecule is NS(=O)(=O)c1ccc(NCCC(=O)O)cc1. The first kappa shape index (κ1) is 12.5. The summed E-state index contributed by atoms with van der Waals surface area (Å²) in [6.45, 7) is 0.282. The minimum atomic E-state index is -3.68. The molecule has 0 heterocycles. The first-order valence-electron chi connectivity index (χ1n) is 4.48. The normalized spacial score (nSPS) is 11.1. The smallest absolute Gasteiger partial charge is 0.305 e. The second-order valence-corrected chi connectivity index (χ2v) is 4.70. The maximum Gasteiger partial charge on any atom is 0.305 e. The maximum absolute atomic E-state index is 10.9. The molecule has 7 heteroatoms. The molecule has 0 fully saturated rings. The summed E-state index contributed by atoms with van der Waals surface area (Å²) in [7, 11) is -3.68. The van der Waals surface area contributed by atoms with Gasteiger partial charge in [0.1, 0.15) is 0 Å². The third-order valence-electron chi connectivity index (χ3n) is 1.85. The number of sulfonamides is 1. The van der Waals surface area contributed by atoms with E-state index in [1.54, 1.807) is 0 Å². The van der Waals surface area contributed by atoms with Crippen molar-refractivity contribution in [1.29, 1.82) is 0 Å². The van der Waals surface area contributed by atoms with Crippen molar-refractivity contribution < 1.29 is 18.3 Å². The summed E-state index contributed by atoms with van der Waals surface area (Å²) in [4.78, 5) is 10.3. The molecule has 1 rings (SSSR count). The second-order valence-electron chi connectivity index (χ2n) is 3.14. The number of hydrogen-bond donors (Lipinski definition) is 3. The zero-order chi connectivity index (χ0) is 12.2. The number of carboxylic acids is 1. The van der Waals surface area contributed by atoms with Gasteiger partial charge in [-0.25, -0.2) is 13.6 Å². The molecule has 0 atom stereocenters. The van der Waals surface area contributed by atoms with E-state index in [2.05, 4.69) is 5.32 Å². The predicted octanol–water partition coefficient (Wildman–Crippen LogP) is 0.221. The highest BCUT2D eigenvalue weighted by molar-refractivity contribution is 7.89. The van der Waals surface area contributed by atoms with Crippen LogP contribution < -0.4 is 10.5 Å². The summed E-state index contributed by atoms with van der Waals surface area (Å²) in [5.41, 5.74) is 0.647. The zero-order valence-electron chi connectivity index (χ0n) is 8.38. The molecule has 0 unspecified atom stereocenters. The standard InChI is InChI=1S/C9H12N2O4S/c10-16(14,15)8-3-1-7(2-4-8)11-6-5-9(12)13/h1-4,11H,5-6H2,(H,12,13)(H2,10,14,15). The molecule has 88 valence electrons. The molecule has 1 aromatic carbocycles. The third-order valence-corrected chi connectivity index (χ3v) is 2.78. The summed E-state index contributed by atoms with van der Waals surface area (Å²) < 4.78 is 21.9. The van der Waals surface area contributed by atoms with Gasteiger partial charge in [-0.1, -0.05) is 0 Å². The molecule has 6 nitrogen and oxygen atoms in total. The van der Waals surface area contributed by atoms with Crippen LogP contribution in [0.25, 0.3) is 0 Å². The fourth-order valence-corrected chi connectivity index (χ4v) is 1.59. The number of anilines is 1. The van der Waals surface area contributed by atoms with Crippen LogP contribution in [0.4, 0.5) is 5.69 Å². The van der Waals surface area contributed by atoms with Crippen molar-refractivity contribution in [3.8, 4) is 0 Å². The van der Waals surface area contributed by atoms with Gasteiger partial charge in [0.25, 0.3) is 0 Å². The lowest BCUT2D eigenvalue weighted by Crippen LogP contribution is -2.12. The molecule has 0 aliphatic heterocycles. The lowest BCUT2D eigenvalue weighted by Gasteiger charge is -2.05. The molecular weight excluding hydrogens is 232 g/mol. The van der Waals surface area contributed by atoms with Gasteiger partial charge in [-0.05, 0) is 24.3 Å². The molecule has 0 aliphatic carbocycles. The molecular formula is C9H12N2O4S. The van der Waals surface area contributed by atoms with Gasteiger partial charge in [0.05, 0.1) is 11.3 Å². The lowest BCUT2D eigenvalue weighted by molar-refractivity contribution is -0.136. The quantitative estimate of drug-likeness (QED) is 0.686. The Morgan fingerprint density at radius 2 is 1.88 bits per heavy atom. The van der Waals surface area contributed by atoms with Crippen LogP contribution in [0, 0.1) is 0 Å². The summed E-state index contributed by atoms with van der Waals surface area (Å²) in [6.07, 6.45) is -0.00304. The molecule has 0 aliphatic rings. The van der Waals surface area contributed by atoms with Gasteiger partial charge >= 0.3 is 5.97 Å². The van der Waals surface area contributed by atoms with Crippen LogP contribution in [0.2, 0.25) is 0 Å². The van der Waals surface area contributed by atoms with E-state index < -0.39 is 16.0 Å². The van der Waals surface area contributed by atoms with E-state index in [4.69, 9.17) is 10.2 Å². The molecule has 0 saturated heterocycles. The molecule has 0 bridgehead atoms. The van der Waals surface area contributed by atoms with Crippen LogP contribution in [0.3, 0.4) is 0 Å². The number of benzene rings is 1. The van der Waals surface area contributed by atoms with Gasteiger partial charge in [-0.3, -0.25) is 4.79 Å². The Morgan fingerprint density at radius 3 is 2.31 bits per heavy atom. The number of nitrogens with two attached hydrogens (primary N) is 1. The van der Waals surface area contributed by atoms with Crippen LogP contribution in [0.5, 0.6) is 0 Å². The zero-order valence-corrected chi connectivity index (χ0v) is 9.20. The number of carbonyl (C=O) groups is 1. The van der Waals surface area contributed by atoms with Gasteiger partial charge in [0.2, 0.25) is 10.0 Å². The van der Waals surface area contributed by atoms with Gasteiger partial charge in [0, 0.05) is 12.2 Å². The Bertz CT molecular complexity index is 467. The highest BCUT2D eigenvalue weighted by Crippen LogP contribution is 2.12. The Labute approximate surface area is 93.1 Å². The summed E-state index contributed by atoms with van der Waals surface area (Å²) in [5.74, 6) is -0.895. The molecule has 0 aromatic heterocycles. The number of rotatable bonds is 5. The van der Waals surface area contributed by atoms with Crippen LogP contribution in [-0.2, 0) is 14.8 Å². The number of primary sulfonamides is 1. The average Bonchev–Trinajstić information content (AvgIpc) is 2.16. The van der Waals surface area contributed by atoms with Crippen LogP contribution >= 0.6 is 0 Å². The summed E-state index contributed by atoms with van der Waals surface area (Å²) in [6, 6.07) is 5.78. The Balaban J connectivity index is 2.62. The van der Waals surface area contributed by atoms with Crippen molar-refractivity contribution in [1.82, 2.24) is 0 Å². The summed E-state index contributed by atoms with van der Waals surface area (Å²) >= 11 is 0. The van der Waals surface area contributed by atoms with Gasteiger partial charge in [-0.15, -0.1) is 0 Å². The predicted molar refractivity (Wildman–Crippen MR) is 58.6 cm³/mol. The Hall–Kier alpha value is -1.60. The highest BCUT2D eigenvalue weighted by Gasteiger charge is 2.06. The second kappa shape index (κ2) is 4.95. The van der Waals surface area contributed by atoms with E-state index in [9.17, 15) is 13.2 Å². The number of carboxylic acid groups (broad SMARTS) is 1. The highest BCUT2D eigenvalue weighted by atomic mass is 32.2. The first-order valence-corrected chi connectivity index (χ1v) is 6.03. The minimum Gasteiger partial charge on any atom is -0.481 e. The molecule has 0 radical (unpaired) electrons. The topological polar surface area (TPSA) is 109 Å². The van der Waals surface area contributed by atoms with Crippen molar-refractivity contribution in [2.75, 3.05) is 11.9 Å². The van der Waals surface area contributed by atoms with Crippen molar-refractivity contribution in [2.24, 2.45) is 5.14 Å². The van der Waals surface area contributed by atoms with Crippen molar-refractivity contribution in [3.63, 3.8) is 0 Å². The fourth-order valence-electron chi connectivity index (χ4n) is 1.08. The van der Waals surface area contributed by atoms with Crippen molar-refractivity contribution in [2.45, 2.75) is 11.3 Å². The van der Waals surface area contributed by atoms with E-state index in [0.717, 1.165) is 0 Å². The van der Waals surface area contributed by atoms with Crippen LogP contribution in [0.1, 0.15) is 6.42 Å². The first-order chi connectivity index (χ1) is 7.39. The van der Waals surface area contributed by atoms with Crippen LogP contribution in [-0.4, -0.2) is 26.0 Å². The molecule has 1 aromatic rings. The monoisotopic (exact) mass is 244 g/mol. The van der Waals surface area contributed by atoms with E-state index >= 15 is 0 Å².